The molecule has 2 aromatic rings. The highest BCUT2D eigenvalue weighted by atomic mass is 16.2. The molecule has 2 heterocycles. The summed E-state index contributed by atoms with van der Waals surface area (Å²) in [6.45, 7) is 1.91. The van der Waals surface area contributed by atoms with Gasteiger partial charge in [-0.05, 0) is 24.6 Å². The van der Waals surface area contributed by atoms with E-state index in [0.29, 0.717) is 19.5 Å². The first-order chi connectivity index (χ1) is 12.6. The molecule has 1 saturated heterocycles. The molecule has 138 valence electrons. The van der Waals surface area contributed by atoms with Crippen molar-refractivity contribution < 1.29 is 9.59 Å². The van der Waals surface area contributed by atoms with Crippen LogP contribution in [-0.4, -0.2) is 40.1 Å². The minimum atomic E-state index is -0.436. The summed E-state index contributed by atoms with van der Waals surface area (Å²) in [5.41, 5.74) is 2.93. The maximum absolute atomic E-state index is 12.5. The van der Waals surface area contributed by atoms with E-state index in [0.717, 1.165) is 29.7 Å². The third-order valence-electron chi connectivity index (χ3n) is 4.61. The Morgan fingerprint density at radius 2 is 2.15 bits per heavy atom. The van der Waals surface area contributed by atoms with Crippen molar-refractivity contribution in [3.8, 4) is 0 Å². The third-order valence-corrected chi connectivity index (χ3v) is 4.61. The van der Waals surface area contributed by atoms with Crippen molar-refractivity contribution in [2.75, 3.05) is 13.6 Å². The van der Waals surface area contributed by atoms with Gasteiger partial charge in [0, 0.05) is 44.9 Å². The number of nitrogens with one attached hydrogen (secondary N) is 2. The molecule has 1 aliphatic heterocycles. The van der Waals surface area contributed by atoms with Gasteiger partial charge in [-0.1, -0.05) is 24.3 Å². The first-order valence-corrected chi connectivity index (χ1v) is 8.86. The van der Waals surface area contributed by atoms with Gasteiger partial charge in [-0.15, -0.1) is 0 Å². The second-order valence-corrected chi connectivity index (χ2v) is 6.63. The maximum Gasteiger partial charge on any atom is 0.242 e. The lowest BCUT2D eigenvalue weighted by atomic mass is 10.1. The Kier molecular flexibility index (Phi) is 5.68. The van der Waals surface area contributed by atoms with E-state index in [1.165, 1.54) is 0 Å². The zero-order chi connectivity index (χ0) is 18.5. The normalized spacial score (nSPS) is 15.3. The summed E-state index contributed by atoms with van der Waals surface area (Å²) >= 11 is 0. The molecule has 2 amide bonds. The van der Waals surface area contributed by atoms with Crippen LogP contribution in [0.2, 0.25) is 0 Å². The average molecular weight is 355 g/mol. The topological polar surface area (TPSA) is 79.3 Å². The van der Waals surface area contributed by atoms with E-state index in [4.69, 9.17) is 0 Å². The molecular formula is C19H25N5O2. The van der Waals surface area contributed by atoms with Crippen LogP contribution in [0.25, 0.3) is 0 Å². The molecule has 0 radical (unpaired) electrons. The van der Waals surface area contributed by atoms with Crippen LogP contribution in [0, 0.1) is 0 Å². The Morgan fingerprint density at radius 1 is 1.35 bits per heavy atom. The predicted octanol–water partition coefficient (Wildman–Crippen LogP) is 1.12. The van der Waals surface area contributed by atoms with Crippen LogP contribution in [-0.2, 0) is 29.7 Å². The van der Waals surface area contributed by atoms with Crippen molar-refractivity contribution in [2.24, 2.45) is 7.05 Å². The predicted molar refractivity (Wildman–Crippen MR) is 97.9 cm³/mol. The van der Waals surface area contributed by atoms with Crippen LogP contribution in [0.5, 0.6) is 0 Å². The number of amides is 2. The number of rotatable bonds is 7. The van der Waals surface area contributed by atoms with Gasteiger partial charge in [0.05, 0.1) is 6.20 Å². The molecule has 7 nitrogen and oxygen atoms in total. The lowest BCUT2D eigenvalue weighted by Crippen LogP contribution is -2.35. The van der Waals surface area contributed by atoms with Gasteiger partial charge in [0.25, 0.3) is 0 Å². The molecule has 0 bridgehead atoms. The van der Waals surface area contributed by atoms with Gasteiger partial charge in [0.1, 0.15) is 6.04 Å². The fraction of sp³-hybridized carbons (Fsp3) is 0.421. The van der Waals surface area contributed by atoms with Crippen molar-refractivity contribution in [2.45, 2.75) is 32.0 Å². The third kappa shape index (κ3) is 4.29. The summed E-state index contributed by atoms with van der Waals surface area (Å²) < 4.78 is 1.68. The molecule has 0 saturated carbocycles. The number of benzene rings is 1. The molecule has 1 fully saturated rings. The van der Waals surface area contributed by atoms with E-state index < -0.39 is 6.04 Å². The van der Waals surface area contributed by atoms with Crippen LogP contribution >= 0.6 is 0 Å². The molecule has 1 atom stereocenters. The number of hydrogen-bond donors (Lipinski definition) is 2. The number of carbonyl (C=O) groups is 2. The van der Waals surface area contributed by atoms with Crippen molar-refractivity contribution in [1.29, 1.82) is 0 Å². The highest BCUT2D eigenvalue weighted by Gasteiger charge is 2.21. The number of aromatic nitrogens is 2. The first kappa shape index (κ1) is 18.1. The van der Waals surface area contributed by atoms with Gasteiger partial charge in [-0.3, -0.25) is 14.3 Å². The molecule has 1 aliphatic rings. The smallest absolute Gasteiger partial charge is 0.242 e. The first-order valence-electron chi connectivity index (χ1n) is 8.86. The van der Waals surface area contributed by atoms with E-state index in [2.05, 4.69) is 15.7 Å². The second-order valence-electron chi connectivity index (χ2n) is 6.63. The lowest BCUT2D eigenvalue weighted by Gasteiger charge is -2.17. The fourth-order valence-corrected chi connectivity index (χ4v) is 3.26. The van der Waals surface area contributed by atoms with Crippen molar-refractivity contribution in [3.05, 3.63) is 53.3 Å². The molecule has 1 aromatic carbocycles. The lowest BCUT2D eigenvalue weighted by molar-refractivity contribution is -0.128. The van der Waals surface area contributed by atoms with Crippen LogP contribution in [0.3, 0.4) is 0 Å². The fourth-order valence-electron chi connectivity index (χ4n) is 3.26. The van der Waals surface area contributed by atoms with Gasteiger partial charge in [0.15, 0.2) is 0 Å². The molecule has 26 heavy (non-hydrogen) atoms. The van der Waals surface area contributed by atoms with Gasteiger partial charge >= 0.3 is 0 Å². The average Bonchev–Trinajstić information content (AvgIpc) is 3.23. The molecule has 1 aromatic heterocycles. The summed E-state index contributed by atoms with van der Waals surface area (Å²) in [6.07, 6.45) is 5.10. The minimum absolute atomic E-state index is 0.0966. The molecule has 0 spiro atoms. The van der Waals surface area contributed by atoms with E-state index in [1.807, 2.05) is 42.4 Å². The summed E-state index contributed by atoms with van der Waals surface area (Å²) in [5, 5.41) is 10.1. The van der Waals surface area contributed by atoms with E-state index in [9.17, 15) is 9.59 Å². The molecule has 3 rings (SSSR count). The number of likely N-dealkylation sites (tertiary alicyclic amines) is 1. The Balaban J connectivity index is 1.59. The maximum atomic E-state index is 12.5. The van der Waals surface area contributed by atoms with E-state index in [1.54, 1.807) is 17.9 Å². The molecule has 0 aliphatic carbocycles. The van der Waals surface area contributed by atoms with E-state index in [-0.39, 0.29) is 11.8 Å². The number of nitrogens with zero attached hydrogens (tertiary/aromatic N) is 3. The number of likely N-dealkylation sites (N-methyl/N-ethyl adjacent to an activating group) is 1. The molecule has 7 heteroatoms. The second kappa shape index (κ2) is 8.14. The van der Waals surface area contributed by atoms with Crippen LogP contribution in [0.4, 0.5) is 0 Å². The van der Waals surface area contributed by atoms with Crippen molar-refractivity contribution in [1.82, 2.24) is 25.3 Å². The highest BCUT2D eigenvalue weighted by Crippen LogP contribution is 2.16. The zero-order valence-corrected chi connectivity index (χ0v) is 15.2. The zero-order valence-electron chi connectivity index (χ0n) is 15.2. The molecule has 1 unspecified atom stereocenters. The minimum Gasteiger partial charge on any atom is -0.350 e. The summed E-state index contributed by atoms with van der Waals surface area (Å²) in [5.74, 6) is 0.123. The van der Waals surface area contributed by atoms with Crippen LogP contribution < -0.4 is 10.6 Å². The Labute approximate surface area is 153 Å². The summed E-state index contributed by atoms with van der Waals surface area (Å²) in [7, 11) is 3.58. The Hall–Kier alpha value is -2.67. The molecule has 2 N–H and O–H groups in total. The summed E-state index contributed by atoms with van der Waals surface area (Å²) in [4.78, 5) is 26.2. The SMILES string of the molecule is CNC(C(=O)NCc1cccc(CN2CCCC2=O)c1)c1cnn(C)c1. The Morgan fingerprint density at radius 3 is 2.81 bits per heavy atom. The monoisotopic (exact) mass is 355 g/mol. The quantitative estimate of drug-likeness (QED) is 0.780. The van der Waals surface area contributed by atoms with Gasteiger partial charge in [0.2, 0.25) is 11.8 Å². The largest absolute Gasteiger partial charge is 0.350 e. The molecular weight excluding hydrogens is 330 g/mol. The van der Waals surface area contributed by atoms with Crippen molar-refractivity contribution in [3.63, 3.8) is 0 Å². The number of carbonyl (C=O) groups excluding carboxylic acids is 2. The van der Waals surface area contributed by atoms with Gasteiger partial charge < -0.3 is 15.5 Å². The van der Waals surface area contributed by atoms with Gasteiger partial charge in [-0.2, -0.15) is 5.10 Å². The highest BCUT2D eigenvalue weighted by molar-refractivity contribution is 5.83. The van der Waals surface area contributed by atoms with Gasteiger partial charge in [-0.25, -0.2) is 0 Å². The van der Waals surface area contributed by atoms with Crippen LogP contribution in [0.1, 0.15) is 35.6 Å². The number of aryl methyl sites for hydroxylation is 1. The Bertz CT molecular complexity index is 786. The van der Waals surface area contributed by atoms with E-state index >= 15 is 0 Å². The number of hydrogen-bond acceptors (Lipinski definition) is 4. The standard InChI is InChI=1S/C19H25N5O2/c1-20-18(16-11-22-23(2)13-16)19(26)21-10-14-5-3-6-15(9-14)12-24-8-4-7-17(24)25/h3,5-6,9,11,13,18,20H,4,7-8,10,12H2,1-2H3,(H,21,26). The van der Waals surface area contributed by atoms with Crippen molar-refractivity contribution >= 4 is 11.8 Å². The van der Waals surface area contributed by atoms with Crippen LogP contribution in [0.15, 0.2) is 36.7 Å². The summed E-state index contributed by atoms with van der Waals surface area (Å²) in [6, 6.07) is 7.57.